The molecule has 3 rings (SSSR count). The van der Waals surface area contributed by atoms with Crippen molar-refractivity contribution in [3.63, 3.8) is 0 Å². The van der Waals surface area contributed by atoms with E-state index in [1.165, 1.54) is 4.88 Å². The van der Waals surface area contributed by atoms with Gasteiger partial charge in [0, 0.05) is 24.9 Å². The predicted octanol–water partition coefficient (Wildman–Crippen LogP) is 2.56. The average molecular weight is 344 g/mol. The van der Waals surface area contributed by atoms with Crippen LogP contribution in [0.5, 0.6) is 5.75 Å². The van der Waals surface area contributed by atoms with Gasteiger partial charge in [-0.05, 0) is 35.6 Å². The molecule has 0 saturated carbocycles. The number of benzene rings is 1. The third-order valence-corrected chi connectivity index (χ3v) is 4.82. The third kappa shape index (κ3) is 4.14. The lowest BCUT2D eigenvalue weighted by atomic mass is 10.1. The minimum atomic E-state index is -0.379. The monoisotopic (exact) mass is 344 g/mol. The van der Waals surface area contributed by atoms with Gasteiger partial charge in [-0.15, -0.1) is 11.3 Å². The van der Waals surface area contributed by atoms with Crippen LogP contribution in [0.4, 0.5) is 0 Å². The first-order valence-electron chi connectivity index (χ1n) is 7.90. The molecule has 2 aromatic rings. The van der Waals surface area contributed by atoms with E-state index in [9.17, 15) is 9.59 Å². The molecule has 0 aliphatic carbocycles. The van der Waals surface area contributed by atoms with Crippen LogP contribution in [0.2, 0.25) is 0 Å². The van der Waals surface area contributed by atoms with Crippen LogP contribution in [0.3, 0.4) is 0 Å². The van der Waals surface area contributed by atoms with Crippen LogP contribution in [0, 0.1) is 0 Å². The van der Waals surface area contributed by atoms with Gasteiger partial charge >= 0.3 is 0 Å². The van der Waals surface area contributed by atoms with E-state index in [1.54, 1.807) is 23.3 Å². The number of hydrogen-bond donors (Lipinski definition) is 1. The molecule has 1 N–H and O–H groups in total. The summed E-state index contributed by atoms with van der Waals surface area (Å²) in [6.07, 6.45) is 1.01. The molecule has 0 spiro atoms. The first-order chi connectivity index (χ1) is 11.6. The van der Waals surface area contributed by atoms with Gasteiger partial charge in [-0.3, -0.25) is 9.59 Å². The topological polar surface area (TPSA) is 58.6 Å². The third-order valence-electron chi connectivity index (χ3n) is 3.97. The molecule has 1 aliphatic heterocycles. The summed E-state index contributed by atoms with van der Waals surface area (Å²) in [5, 5.41) is 4.74. The van der Waals surface area contributed by atoms with E-state index in [0.717, 1.165) is 11.3 Å². The second-order valence-corrected chi connectivity index (χ2v) is 6.90. The molecule has 1 fully saturated rings. The maximum Gasteiger partial charge on any atom is 0.245 e. The van der Waals surface area contributed by atoms with E-state index < -0.39 is 0 Å². The Morgan fingerprint density at radius 1 is 1.33 bits per heavy atom. The smallest absolute Gasteiger partial charge is 0.245 e. The lowest BCUT2D eigenvalue weighted by molar-refractivity contribution is -0.133. The Kier molecular flexibility index (Phi) is 5.15. The quantitative estimate of drug-likeness (QED) is 0.876. The Hall–Kier alpha value is -2.34. The number of rotatable bonds is 6. The van der Waals surface area contributed by atoms with E-state index >= 15 is 0 Å². The van der Waals surface area contributed by atoms with Gasteiger partial charge in [0.1, 0.15) is 18.4 Å². The largest absolute Gasteiger partial charge is 0.488 e. The molecule has 2 heterocycles. The van der Waals surface area contributed by atoms with E-state index in [2.05, 4.69) is 5.32 Å². The van der Waals surface area contributed by atoms with Gasteiger partial charge in [0.25, 0.3) is 0 Å². The van der Waals surface area contributed by atoms with E-state index in [-0.39, 0.29) is 17.9 Å². The molecule has 1 aromatic heterocycles. The minimum Gasteiger partial charge on any atom is -0.488 e. The highest BCUT2D eigenvalue weighted by atomic mass is 32.1. The molecule has 126 valence electrons. The fourth-order valence-electron chi connectivity index (χ4n) is 2.66. The number of amides is 2. The van der Waals surface area contributed by atoms with E-state index in [4.69, 9.17) is 4.74 Å². The van der Waals surface area contributed by atoms with Crippen molar-refractivity contribution in [2.24, 2.45) is 0 Å². The van der Waals surface area contributed by atoms with Crippen molar-refractivity contribution in [2.75, 3.05) is 7.05 Å². The Morgan fingerprint density at radius 2 is 2.12 bits per heavy atom. The molecular weight excluding hydrogens is 324 g/mol. The number of thiophene rings is 1. The summed E-state index contributed by atoms with van der Waals surface area (Å²) in [4.78, 5) is 26.3. The Morgan fingerprint density at radius 3 is 2.75 bits per heavy atom. The zero-order valence-corrected chi connectivity index (χ0v) is 14.3. The first-order valence-corrected chi connectivity index (χ1v) is 8.78. The Balaban J connectivity index is 1.51. The maximum absolute atomic E-state index is 12.3. The molecule has 1 aromatic carbocycles. The van der Waals surface area contributed by atoms with Crippen LogP contribution < -0.4 is 10.1 Å². The maximum atomic E-state index is 12.3. The normalized spacial score (nSPS) is 16.7. The number of carbonyl (C=O) groups is 2. The molecule has 0 radical (unpaired) electrons. The van der Waals surface area contributed by atoms with Crippen molar-refractivity contribution < 1.29 is 14.3 Å². The Labute approximate surface area is 145 Å². The number of nitrogens with zero attached hydrogens (tertiary/aromatic N) is 1. The van der Waals surface area contributed by atoms with Gasteiger partial charge in [-0.1, -0.05) is 18.2 Å². The van der Waals surface area contributed by atoms with Crippen molar-refractivity contribution in [3.05, 3.63) is 52.2 Å². The van der Waals surface area contributed by atoms with Crippen LogP contribution >= 0.6 is 11.3 Å². The fraction of sp³-hybridized carbons (Fsp3) is 0.333. The van der Waals surface area contributed by atoms with Gasteiger partial charge in [-0.2, -0.15) is 0 Å². The Bertz CT molecular complexity index is 698. The molecule has 6 heteroatoms. The van der Waals surface area contributed by atoms with Crippen molar-refractivity contribution in [1.29, 1.82) is 0 Å². The zero-order valence-electron chi connectivity index (χ0n) is 13.5. The lowest BCUT2D eigenvalue weighted by Gasteiger charge is -2.21. The highest BCUT2D eigenvalue weighted by Gasteiger charge is 2.29. The second kappa shape index (κ2) is 7.49. The molecule has 5 nitrogen and oxygen atoms in total. The van der Waals surface area contributed by atoms with Gasteiger partial charge in [0.2, 0.25) is 11.8 Å². The molecular formula is C18H20N2O3S. The van der Waals surface area contributed by atoms with Crippen molar-refractivity contribution in [2.45, 2.75) is 32.0 Å². The standard InChI is InChI=1S/C18H20N2O3S/c1-20(18(22)16-8-9-17(21)19-16)11-13-4-6-14(7-5-13)23-12-15-3-2-10-24-15/h2-7,10,16H,8-9,11-12H2,1H3,(H,19,21)/t16-/m0/s1. The van der Waals surface area contributed by atoms with E-state index in [1.807, 2.05) is 41.8 Å². The number of hydrogen-bond acceptors (Lipinski definition) is 4. The van der Waals surface area contributed by atoms with Crippen LogP contribution in [-0.2, 0) is 22.7 Å². The summed E-state index contributed by atoms with van der Waals surface area (Å²) in [6.45, 7) is 1.08. The van der Waals surface area contributed by atoms with Crippen LogP contribution in [-0.4, -0.2) is 29.8 Å². The van der Waals surface area contributed by atoms with Crippen molar-refractivity contribution in [3.8, 4) is 5.75 Å². The van der Waals surface area contributed by atoms with Gasteiger partial charge in [0.05, 0.1) is 0 Å². The number of nitrogens with one attached hydrogen (secondary N) is 1. The number of likely N-dealkylation sites (N-methyl/N-ethyl adjacent to an activating group) is 1. The van der Waals surface area contributed by atoms with Gasteiger partial charge in [-0.25, -0.2) is 0 Å². The molecule has 1 atom stereocenters. The summed E-state index contributed by atoms with van der Waals surface area (Å²) in [5.41, 5.74) is 1.03. The molecule has 1 saturated heterocycles. The van der Waals surface area contributed by atoms with Crippen molar-refractivity contribution in [1.82, 2.24) is 10.2 Å². The fourth-order valence-corrected chi connectivity index (χ4v) is 3.27. The molecule has 1 aliphatic rings. The van der Waals surface area contributed by atoms with Crippen LogP contribution in [0.25, 0.3) is 0 Å². The number of carbonyl (C=O) groups excluding carboxylic acids is 2. The molecule has 0 bridgehead atoms. The second-order valence-electron chi connectivity index (χ2n) is 5.87. The summed E-state index contributed by atoms with van der Waals surface area (Å²) in [6, 6.07) is 11.4. The summed E-state index contributed by atoms with van der Waals surface area (Å²) in [7, 11) is 1.76. The SMILES string of the molecule is CN(Cc1ccc(OCc2cccs2)cc1)C(=O)[C@@H]1CCC(=O)N1. The predicted molar refractivity (Wildman–Crippen MR) is 92.7 cm³/mol. The summed E-state index contributed by atoms with van der Waals surface area (Å²) >= 11 is 1.67. The van der Waals surface area contributed by atoms with Gasteiger partial charge < -0.3 is 15.0 Å². The van der Waals surface area contributed by atoms with Crippen LogP contribution in [0.15, 0.2) is 41.8 Å². The van der Waals surface area contributed by atoms with E-state index in [0.29, 0.717) is 26.0 Å². The summed E-state index contributed by atoms with van der Waals surface area (Å²) in [5.74, 6) is 0.719. The lowest BCUT2D eigenvalue weighted by Crippen LogP contribution is -2.42. The minimum absolute atomic E-state index is 0.0427. The first kappa shape index (κ1) is 16.5. The molecule has 24 heavy (non-hydrogen) atoms. The van der Waals surface area contributed by atoms with Crippen molar-refractivity contribution >= 4 is 23.2 Å². The highest BCUT2D eigenvalue weighted by molar-refractivity contribution is 7.09. The molecule has 0 unspecified atom stereocenters. The molecule has 2 amide bonds. The number of ether oxygens (including phenoxy) is 1. The van der Waals surface area contributed by atoms with Crippen LogP contribution in [0.1, 0.15) is 23.3 Å². The summed E-state index contributed by atoms with van der Waals surface area (Å²) < 4.78 is 5.73. The van der Waals surface area contributed by atoms with Gasteiger partial charge in [0.15, 0.2) is 0 Å². The average Bonchev–Trinajstić information content (AvgIpc) is 3.25. The zero-order chi connectivity index (χ0) is 16.9. The highest BCUT2D eigenvalue weighted by Crippen LogP contribution is 2.18.